The van der Waals surface area contributed by atoms with Crippen molar-refractivity contribution < 1.29 is 0 Å². The van der Waals surface area contributed by atoms with E-state index < -0.39 is 0 Å². The van der Waals surface area contributed by atoms with Crippen LogP contribution < -0.4 is 11.5 Å². The molecule has 0 aliphatic carbocycles. The van der Waals surface area contributed by atoms with Crippen molar-refractivity contribution in [2.45, 2.75) is 30.7 Å². The Balaban J connectivity index is 2.67. The Labute approximate surface area is 101 Å². The average molecular weight is 237 g/mol. The highest BCUT2D eigenvalue weighted by atomic mass is 32.2. The molecule has 5 N–H and O–H groups in total. The molecule has 88 valence electrons. The van der Waals surface area contributed by atoms with Crippen LogP contribution in [0.15, 0.2) is 23.1 Å². The minimum absolute atomic E-state index is 0.264. The molecule has 0 saturated carbocycles. The van der Waals surface area contributed by atoms with E-state index in [1.807, 2.05) is 0 Å². The molecule has 1 aromatic rings. The molecule has 0 aliphatic rings. The van der Waals surface area contributed by atoms with Crippen LogP contribution in [0.2, 0.25) is 0 Å². The lowest BCUT2D eigenvalue weighted by atomic mass is 10.0. The summed E-state index contributed by atoms with van der Waals surface area (Å²) in [6.07, 6.45) is 4.62. The fourth-order valence-electron chi connectivity index (χ4n) is 1.59. The van der Waals surface area contributed by atoms with E-state index in [1.54, 1.807) is 11.8 Å². The Morgan fingerprint density at radius 1 is 1.31 bits per heavy atom. The Bertz CT molecular complexity index is 341. The van der Waals surface area contributed by atoms with E-state index in [0.717, 1.165) is 12.8 Å². The van der Waals surface area contributed by atoms with E-state index in [1.165, 1.54) is 16.0 Å². The topological polar surface area (TPSA) is 75.9 Å². The monoisotopic (exact) mass is 237 g/mol. The molecule has 0 atom stereocenters. The van der Waals surface area contributed by atoms with Gasteiger partial charge in [0, 0.05) is 17.9 Å². The molecule has 4 heteroatoms. The van der Waals surface area contributed by atoms with Gasteiger partial charge < -0.3 is 11.5 Å². The van der Waals surface area contributed by atoms with Gasteiger partial charge in [0.15, 0.2) is 0 Å². The van der Waals surface area contributed by atoms with Gasteiger partial charge in [0.1, 0.15) is 0 Å². The highest BCUT2D eigenvalue weighted by Crippen LogP contribution is 2.20. The lowest BCUT2D eigenvalue weighted by Crippen LogP contribution is -2.09. The summed E-state index contributed by atoms with van der Waals surface area (Å²) in [6, 6.07) is 6.45. The maximum Gasteiger partial charge on any atom is 0.0905 e. The minimum atomic E-state index is 0.264. The fraction of sp³-hybridized carbons (Fsp3) is 0.417. The Morgan fingerprint density at radius 2 is 2.00 bits per heavy atom. The number of benzene rings is 1. The second-order valence-corrected chi connectivity index (χ2v) is 4.65. The maximum atomic E-state index is 7.17. The quantitative estimate of drug-likeness (QED) is 0.403. The number of amidine groups is 1. The van der Waals surface area contributed by atoms with Crippen molar-refractivity contribution in [1.82, 2.24) is 0 Å². The smallest absolute Gasteiger partial charge is 0.0905 e. The molecule has 0 aromatic heterocycles. The predicted molar refractivity (Wildman–Crippen MR) is 71.0 cm³/mol. The molecule has 0 heterocycles. The van der Waals surface area contributed by atoms with Crippen LogP contribution in [0.5, 0.6) is 0 Å². The minimum Gasteiger partial charge on any atom is -0.388 e. The van der Waals surface area contributed by atoms with Crippen LogP contribution in [-0.4, -0.2) is 12.1 Å². The van der Waals surface area contributed by atoms with Crippen LogP contribution in [0.3, 0.4) is 0 Å². The van der Waals surface area contributed by atoms with Crippen LogP contribution in [0, 0.1) is 5.41 Å². The van der Waals surface area contributed by atoms with Crippen LogP contribution in [0.1, 0.15) is 24.0 Å². The lowest BCUT2D eigenvalue weighted by molar-refractivity contribution is 0.851. The molecule has 0 spiro atoms. The molecule has 16 heavy (non-hydrogen) atoms. The van der Waals surface area contributed by atoms with Crippen molar-refractivity contribution in [3.63, 3.8) is 0 Å². The van der Waals surface area contributed by atoms with Gasteiger partial charge in [-0.3, -0.25) is 5.41 Å². The first-order valence-electron chi connectivity index (χ1n) is 5.35. The predicted octanol–water partition coefficient (Wildman–Crippen LogP) is 2.13. The number of nitrogens with two attached hydrogens (primary N) is 2. The molecule has 0 fully saturated rings. The first-order chi connectivity index (χ1) is 7.65. The summed E-state index contributed by atoms with van der Waals surface area (Å²) >= 11 is 1.73. The normalized spacial score (nSPS) is 10.4. The van der Waals surface area contributed by atoms with Crippen molar-refractivity contribution in [2.24, 2.45) is 11.5 Å². The third-order valence-electron chi connectivity index (χ3n) is 2.41. The van der Waals surface area contributed by atoms with E-state index in [-0.39, 0.29) is 5.84 Å². The van der Waals surface area contributed by atoms with Crippen LogP contribution in [0.25, 0.3) is 0 Å². The summed E-state index contributed by atoms with van der Waals surface area (Å²) in [5, 5.41) is 7.17. The number of aryl methyl sites for hydroxylation is 1. The molecule has 0 amide bonds. The van der Waals surface area contributed by atoms with Crippen LogP contribution in [0.4, 0.5) is 0 Å². The number of hydrogen-bond acceptors (Lipinski definition) is 3. The van der Waals surface area contributed by atoms with Gasteiger partial charge in [0.2, 0.25) is 0 Å². The van der Waals surface area contributed by atoms with Crippen molar-refractivity contribution in [2.75, 3.05) is 6.26 Å². The van der Waals surface area contributed by atoms with Gasteiger partial charge in [-0.1, -0.05) is 6.07 Å². The molecule has 1 aromatic carbocycles. The Morgan fingerprint density at radius 3 is 2.56 bits per heavy atom. The Hall–Kier alpha value is -1.00. The number of hydrogen-bond donors (Lipinski definition) is 3. The van der Waals surface area contributed by atoms with Gasteiger partial charge in [-0.15, -0.1) is 11.8 Å². The second kappa shape index (κ2) is 6.55. The van der Waals surface area contributed by atoms with E-state index in [4.69, 9.17) is 16.9 Å². The van der Waals surface area contributed by atoms with Crippen molar-refractivity contribution >= 4 is 17.6 Å². The summed E-state index contributed by atoms with van der Waals surface area (Å²) in [7, 11) is 0. The lowest BCUT2D eigenvalue weighted by Gasteiger charge is -2.07. The van der Waals surface area contributed by atoms with E-state index in [0.29, 0.717) is 13.0 Å². The third kappa shape index (κ3) is 4.24. The third-order valence-corrected chi connectivity index (χ3v) is 3.12. The summed E-state index contributed by atoms with van der Waals surface area (Å²) in [5.74, 6) is 0.264. The number of nitrogens with one attached hydrogen (secondary N) is 1. The van der Waals surface area contributed by atoms with E-state index in [9.17, 15) is 0 Å². The van der Waals surface area contributed by atoms with Crippen LogP contribution in [-0.2, 0) is 13.0 Å². The zero-order valence-electron chi connectivity index (χ0n) is 9.62. The van der Waals surface area contributed by atoms with Gasteiger partial charge in [-0.25, -0.2) is 0 Å². The van der Waals surface area contributed by atoms with Crippen molar-refractivity contribution in [3.8, 4) is 0 Å². The molecule has 3 nitrogen and oxygen atoms in total. The van der Waals surface area contributed by atoms with Gasteiger partial charge in [0.25, 0.3) is 0 Å². The fourth-order valence-corrected chi connectivity index (χ4v) is 2.13. The highest BCUT2D eigenvalue weighted by molar-refractivity contribution is 7.98. The number of thioether (sulfide) groups is 1. The maximum absolute atomic E-state index is 7.17. The van der Waals surface area contributed by atoms with Crippen molar-refractivity contribution in [1.29, 1.82) is 5.41 Å². The standard InChI is InChI=1S/C12H19N3S/c1-16-11-6-9(3-2-4-12(14)15)5-10(7-11)8-13/h5-7H,2-4,8,13H2,1H3,(H3,14,15). The Kier molecular flexibility index (Phi) is 5.35. The zero-order valence-corrected chi connectivity index (χ0v) is 10.4. The van der Waals surface area contributed by atoms with E-state index in [2.05, 4.69) is 24.5 Å². The molecule has 1 rings (SSSR count). The van der Waals surface area contributed by atoms with Gasteiger partial charge in [-0.2, -0.15) is 0 Å². The summed E-state index contributed by atoms with van der Waals surface area (Å²) in [6.45, 7) is 0.577. The van der Waals surface area contributed by atoms with Crippen LogP contribution >= 0.6 is 11.8 Å². The highest BCUT2D eigenvalue weighted by Gasteiger charge is 2.00. The summed E-state index contributed by atoms with van der Waals surface area (Å²) < 4.78 is 0. The largest absolute Gasteiger partial charge is 0.388 e. The first-order valence-corrected chi connectivity index (χ1v) is 6.58. The number of rotatable bonds is 6. The SMILES string of the molecule is CSc1cc(CN)cc(CCCC(=N)N)c1. The first kappa shape index (κ1) is 13.1. The van der Waals surface area contributed by atoms with Gasteiger partial charge >= 0.3 is 0 Å². The summed E-state index contributed by atoms with van der Waals surface area (Å²) in [4.78, 5) is 1.25. The molecule has 0 saturated heterocycles. The van der Waals surface area contributed by atoms with Gasteiger partial charge in [-0.05, 0) is 42.4 Å². The van der Waals surface area contributed by atoms with Gasteiger partial charge in [0.05, 0.1) is 5.84 Å². The second-order valence-electron chi connectivity index (χ2n) is 3.77. The molecular weight excluding hydrogens is 218 g/mol. The van der Waals surface area contributed by atoms with E-state index >= 15 is 0 Å². The zero-order chi connectivity index (χ0) is 12.0. The molecular formula is C12H19N3S. The average Bonchev–Trinajstić information content (AvgIpc) is 2.28. The molecule has 0 aliphatic heterocycles. The molecule has 0 unspecified atom stereocenters. The van der Waals surface area contributed by atoms with Crippen molar-refractivity contribution in [3.05, 3.63) is 29.3 Å². The molecule has 0 radical (unpaired) electrons. The summed E-state index contributed by atoms with van der Waals surface area (Å²) in [5.41, 5.74) is 13.4. The molecule has 0 bridgehead atoms.